The smallest absolute Gasteiger partial charge is 0.326 e. The average Bonchev–Trinajstić information content (AvgIpc) is 2.84. The van der Waals surface area contributed by atoms with Crippen molar-refractivity contribution >= 4 is 56.5 Å². The number of carbonyl (C=O) groups excluding carboxylic acids is 2. The van der Waals surface area contributed by atoms with Crippen LogP contribution in [0.3, 0.4) is 0 Å². The number of hydrogen-bond acceptors (Lipinski definition) is 9. The predicted molar refractivity (Wildman–Crippen MR) is 131 cm³/mol. The van der Waals surface area contributed by atoms with E-state index >= 15 is 0 Å². The van der Waals surface area contributed by atoms with E-state index in [1.807, 2.05) is 0 Å². The Kier molecular flexibility index (Phi) is 8.67. The molecule has 2 aromatic heterocycles. The lowest BCUT2D eigenvalue weighted by Gasteiger charge is -2.15. The third-order valence-electron chi connectivity index (χ3n) is 4.82. The number of nitrogens with one attached hydrogen (secondary N) is 4. The van der Waals surface area contributed by atoms with Crippen molar-refractivity contribution in [3.8, 4) is 0 Å². The highest BCUT2D eigenvalue weighted by atomic mass is 79.9. The van der Waals surface area contributed by atoms with Gasteiger partial charge in [-0.1, -0.05) is 15.9 Å². The standard InChI is InChI=1S/C21H23BrN8O5/c22-8-15(31)24-7-1-2-14(20(34)35)28-18(32)11-3-5-12(6-4-11)25-9-13-10-26-17-16(27-13)19(33)30-21(23)29-17/h3-6,10,14,25H,1-2,7-9H2,(H,24,31)(H,28,32)(H,34,35)(H3,23,26,29,30,33). The van der Waals surface area contributed by atoms with Crippen molar-refractivity contribution in [2.45, 2.75) is 25.4 Å². The highest BCUT2D eigenvalue weighted by Gasteiger charge is 2.20. The summed E-state index contributed by atoms with van der Waals surface area (Å²) in [6, 6.07) is 5.33. The van der Waals surface area contributed by atoms with Crippen molar-refractivity contribution in [3.63, 3.8) is 0 Å². The molecule has 2 heterocycles. The van der Waals surface area contributed by atoms with Crippen LogP contribution in [0.2, 0.25) is 0 Å². The van der Waals surface area contributed by atoms with Gasteiger partial charge in [0.05, 0.1) is 23.8 Å². The molecule has 3 rings (SSSR count). The fraction of sp³-hybridized carbons (Fsp3) is 0.286. The highest BCUT2D eigenvalue weighted by Crippen LogP contribution is 2.12. The van der Waals surface area contributed by atoms with Gasteiger partial charge in [0, 0.05) is 17.8 Å². The molecular weight excluding hydrogens is 524 g/mol. The van der Waals surface area contributed by atoms with Crippen LogP contribution < -0.4 is 27.2 Å². The second-order valence-electron chi connectivity index (χ2n) is 7.41. The average molecular weight is 547 g/mol. The van der Waals surface area contributed by atoms with E-state index in [2.05, 4.69) is 51.8 Å². The number of nitrogens with two attached hydrogens (primary N) is 1. The maximum absolute atomic E-state index is 12.5. The molecule has 0 spiro atoms. The summed E-state index contributed by atoms with van der Waals surface area (Å²) in [5.74, 6) is -1.92. The molecular formula is C21H23BrN8O5. The number of H-pyrrole nitrogens is 1. The van der Waals surface area contributed by atoms with Crippen molar-refractivity contribution < 1.29 is 19.5 Å². The number of nitrogen functional groups attached to an aromatic ring is 1. The lowest BCUT2D eigenvalue weighted by molar-refractivity contribution is -0.139. The van der Waals surface area contributed by atoms with Crippen molar-refractivity contribution in [1.82, 2.24) is 30.6 Å². The largest absolute Gasteiger partial charge is 0.480 e. The molecule has 14 heteroatoms. The minimum atomic E-state index is -1.16. The molecule has 1 aromatic carbocycles. The van der Waals surface area contributed by atoms with Crippen LogP contribution in [0, 0.1) is 0 Å². The van der Waals surface area contributed by atoms with E-state index in [-0.39, 0.29) is 46.9 Å². The zero-order valence-electron chi connectivity index (χ0n) is 18.4. The van der Waals surface area contributed by atoms with E-state index in [4.69, 9.17) is 5.73 Å². The van der Waals surface area contributed by atoms with Gasteiger partial charge in [0.2, 0.25) is 11.9 Å². The second kappa shape index (κ2) is 11.9. The molecule has 7 N–H and O–H groups in total. The van der Waals surface area contributed by atoms with E-state index in [1.54, 1.807) is 24.3 Å². The number of rotatable bonds is 11. The number of alkyl halides is 1. The summed E-state index contributed by atoms with van der Waals surface area (Å²) in [5, 5.41) is 17.8. The summed E-state index contributed by atoms with van der Waals surface area (Å²) in [7, 11) is 0. The molecule has 0 fully saturated rings. The van der Waals surface area contributed by atoms with E-state index in [0.29, 0.717) is 24.3 Å². The molecule has 0 aliphatic rings. The van der Waals surface area contributed by atoms with Crippen LogP contribution in [0.15, 0.2) is 35.3 Å². The Morgan fingerprint density at radius 1 is 1.17 bits per heavy atom. The number of amides is 2. The number of benzene rings is 1. The van der Waals surface area contributed by atoms with Gasteiger partial charge in [-0.2, -0.15) is 4.98 Å². The molecule has 13 nitrogen and oxygen atoms in total. The van der Waals surface area contributed by atoms with Crippen molar-refractivity contribution in [2.24, 2.45) is 0 Å². The number of carboxylic acids is 1. The van der Waals surface area contributed by atoms with Crippen molar-refractivity contribution in [1.29, 1.82) is 0 Å². The second-order valence-corrected chi connectivity index (χ2v) is 7.97. The molecule has 35 heavy (non-hydrogen) atoms. The minimum absolute atomic E-state index is 0.0414. The fourth-order valence-corrected chi connectivity index (χ4v) is 3.27. The van der Waals surface area contributed by atoms with Gasteiger partial charge in [-0.15, -0.1) is 0 Å². The quantitative estimate of drug-likeness (QED) is 0.144. The molecule has 0 aliphatic heterocycles. The van der Waals surface area contributed by atoms with Crippen molar-refractivity contribution in [3.05, 3.63) is 52.1 Å². The van der Waals surface area contributed by atoms with Crippen LogP contribution in [0.4, 0.5) is 11.6 Å². The number of anilines is 2. The zero-order chi connectivity index (χ0) is 25.4. The fourth-order valence-electron chi connectivity index (χ4n) is 3.07. The van der Waals surface area contributed by atoms with Crippen LogP contribution in [-0.4, -0.2) is 60.7 Å². The summed E-state index contributed by atoms with van der Waals surface area (Å²) in [4.78, 5) is 61.8. The summed E-state index contributed by atoms with van der Waals surface area (Å²) in [6.45, 7) is 0.565. The lowest BCUT2D eigenvalue weighted by atomic mass is 10.1. The molecule has 0 bridgehead atoms. The Labute approximate surface area is 207 Å². The number of hydrogen-bond donors (Lipinski definition) is 6. The van der Waals surface area contributed by atoms with E-state index < -0.39 is 23.5 Å². The number of nitrogens with zero attached hydrogens (tertiary/aromatic N) is 3. The Hall–Kier alpha value is -4.07. The number of carbonyl (C=O) groups is 3. The molecule has 0 radical (unpaired) electrons. The number of aromatic amines is 1. The third-order valence-corrected chi connectivity index (χ3v) is 5.33. The number of aliphatic carboxylic acids is 1. The van der Waals surface area contributed by atoms with E-state index in [9.17, 15) is 24.3 Å². The van der Waals surface area contributed by atoms with Crippen LogP contribution in [0.1, 0.15) is 28.9 Å². The van der Waals surface area contributed by atoms with Gasteiger partial charge in [0.25, 0.3) is 11.5 Å². The zero-order valence-corrected chi connectivity index (χ0v) is 20.0. The predicted octanol–water partition coefficient (Wildman–Crippen LogP) is 0.382. The van der Waals surface area contributed by atoms with Crippen LogP contribution in [0.25, 0.3) is 11.2 Å². The number of carboxylic acid groups (broad SMARTS) is 1. The number of halogens is 1. The van der Waals surface area contributed by atoms with Gasteiger partial charge in [0.15, 0.2) is 11.2 Å². The summed E-state index contributed by atoms with van der Waals surface area (Å²) in [6.07, 6.45) is 2.03. The van der Waals surface area contributed by atoms with Crippen LogP contribution >= 0.6 is 15.9 Å². The SMILES string of the molecule is Nc1nc2ncc(CNc3ccc(C(=O)NC(CCCNC(=O)CBr)C(=O)O)cc3)nc2c(=O)[nH]1. The molecule has 3 aromatic rings. The van der Waals surface area contributed by atoms with Gasteiger partial charge in [-0.3, -0.25) is 19.4 Å². The van der Waals surface area contributed by atoms with Gasteiger partial charge in [-0.25, -0.2) is 14.8 Å². The van der Waals surface area contributed by atoms with Gasteiger partial charge < -0.3 is 26.8 Å². The first-order chi connectivity index (χ1) is 16.8. The van der Waals surface area contributed by atoms with E-state index in [0.717, 1.165) is 0 Å². The molecule has 0 saturated heterocycles. The molecule has 0 aliphatic carbocycles. The Morgan fingerprint density at radius 3 is 2.60 bits per heavy atom. The van der Waals surface area contributed by atoms with Gasteiger partial charge in [0.1, 0.15) is 6.04 Å². The van der Waals surface area contributed by atoms with Crippen molar-refractivity contribution in [2.75, 3.05) is 22.9 Å². The summed E-state index contributed by atoms with van der Waals surface area (Å²) < 4.78 is 0. The van der Waals surface area contributed by atoms with E-state index in [1.165, 1.54) is 6.20 Å². The summed E-state index contributed by atoms with van der Waals surface area (Å²) >= 11 is 3.03. The molecule has 1 atom stereocenters. The Bertz CT molecular complexity index is 1280. The number of aromatic nitrogens is 4. The molecule has 0 saturated carbocycles. The van der Waals surface area contributed by atoms with Gasteiger partial charge >= 0.3 is 5.97 Å². The van der Waals surface area contributed by atoms with Crippen LogP contribution in [-0.2, 0) is 16.1 Å². The third kappa shape index (κ3) is 7.20. The normalized spacial score (nSPS) is 11.6. The molecule has 1 unspecified atom stereocenters. The molecule has 184 valence electrons. The summed E-state index contributed by atoms with van der Waals surface area (Å²) in [5.41, 5.74) is 6.68. The number of fused-ring (bicyclic) bond motifs is 1. The first kappa shape index (κ1) is 25.6. The molecule has 2 amide bonds. The first-order valence-electron chi connectivity index (χ1n) is 10.5. The Balaban J connectivity index is 1.55. The first-order valence-corrected chi connectivity index (χ1v) is 11.6. The topological polar surface area (TPSA) is 205 Å². The van der Waals surface area contributed by atoms with Crippen LogP contribution in [0.5, 0.6) is 0 Å². The van der Waals surface area contributed by atoms with Gasteiger partial charge in [-0.05, 0) is 37.1 Å². The highest BCUT2D eigenvalue weighted by molar-refractivity contribution is 9.09. The Morgan fingerprint density at radius 2 is 1.91 bits per heavy atom. The monoisotopic (exact) mass is 546 g/mol. The minimum Gasteiger partial charge on any atom is -0.480 e. The maximum atomic E-state index is 12.5. The maximum Gasteiger partial charge on any atom is 0.326 e. The lowest BCUT2D eigenvalue weighted by Crippen LogP contribution is -2.41.